The minimum atomic E-state index is -5.13. The second-order valence-corrected chi connectivity index (χ2v) is 8.47. The van der Waals surface area contributed by atoms with Crippen molar-refractivity contribution in [3.8, 4) is 10.4 Å². The number of thiophene rings is 1. The number of carboxylic acid groups (broad SMARTS) is 1. The van der Waals surface area contributed by atoms with E-state index < -0.39 is 43.3 Å². The molecule has 0 radical (unpaired) electrons. The summed E-state index contributed by atoms with van der Waals surface area (Å²) in [6, 6.07) is 10.8. The molecule has 0 saturated heterocycles. The molecule has 0 bridgehead atoms. The SMILES string of the molecule is O=C(O)c1sc(-c2ccccc2)cc1NS(=O)(=O)c1ccc(F)cc1C(F)(F)F. The van der Waals surface area contributed by atoms with E-state index in [-0.39, 0.29) is 11.8 Å². The van der Waals surface area contributed by atoms with Gasteiger partial charge in [-0.15, -0.1) is 11.3 Å². The molecule has 1 heterocycles. The van der Waals surface area contributed by atoms with Crippen molar-refractivity contribution >= 4 is 33.0 Å². The first-order chi connectivity index (χ1) is 13.5. The van der Waals surface area contributed by atoms with Crippen LogP contribution in [0.2, 0.25) is 0 Å². The number of carboxylic acids is 1. The van der Waals surface area contributed by atoms with Gasteiger partial charge in [-0.05, 0) is 29.8 Å². The molecule has 0 spiro atoms. The molecule has 0 amide bonds. The fourth-order valence-electron chi connectivity index (χ4n) is 2.53. The molecule has 0 fully saturated rings. The summed E-state index contributed by atoms with van der Waals surface area (Å²) in [5.74, 6) is -2.71. The van der Waals surface area contributed by atoms with Gasteiger partial charge in [-0.1, -0.05) is 30.3 Å². The molecule has 3 aromatic rings. The van der Waals surface area contributed by atoms with Gasteiger partial charge >= 0.3 is 12.1 Å². The summed E-state index contributed by atoms with van der Waals surface area (Å²) in [4.78, 5) is 10.3. The van der Waals surface area contributed by atoms with Gasteiger partial charge in [0.15, 0.2) is 0 Å². The largest absolute Gasteiger partial charge is 0.477 e. The van der Waals surface area contributed by atoms with E-state index in [1.165, 1.54) is 6.07 Å². The Morgan fingerprint density at radius 3 is 2.28 bits per heavy atom. The standard InChI is InChI=1S/C18H11F4NO4S2/c19-11-6-7-15(12(8-11)18(20,21)22)29(26,27)23-13-9-14(28-16(13)17(24)25)10-4-2-1-3-5-10/h1-9,23H,(H,24,25). The Kier molecular flexibility index (Phi) is 5.37. The smallest absolute Gasteiger partial charge is 0.417 e. The van der Waals surface area contributed by atoms with Crippen LogP contribution in [-0.4, -0.2) is 19.5 Å². The van der Waals surface area contributed by atoms with Crippen LogP contribution in [0.4, 0.5) is 23.2 Å². The topological polar surface area (TPSA) is 83.5 Å². The molecule has 5 nitrogen and oxygen atoms in total. The van der Waals surface area contributed by atoms with Crippen molar-refractivity contribution in [3.05, 3.63) is 70.9 Å². The second-order valence-electron chi connectivity index (χ2n) is 5.77. The number of hydrogen-bond acceptors (Lipinski definition) is 4. The minimum absolute atomic E-state index is 0.0652. The first kappa shape index (κ1) is 20.8. The predicted octanol–water partition coefficient (Wildman–Crippen LogP) is 5.07. The average molecular weight is 445 g/mol. The Labute approximate surface area is 166 Å². The number of alkyl halides is 3. The maximum atomic E-state index is 13.3. The van der Waals surface area contributed by atoms with E-state index in [1.54, 1.807) is 30.3 Å². The molecule has 1 aromatic heterocycles. The first-order valence-electron chi connectivity index (χ1n) is 7.81. The summed E-state index contributed by atoms with van der Waals surface area (Å²) >= 11 is 0.760. The molecule has 2 N–H and O–H groups in total. The van der Waals surface area contributed by atoms with Gasteiger partial charge in [0, 0.05) is 4.88 Å². The third-order valence-electron chi connectivity index (χ3n) is 3.77. The van der Waals surface area contributed by atoms with Crippen molar-refractivity contribution in [3.63, 3.8) is 0 Å². The Bertz CT molecular complexity index is 1170. The van der Waals surface area contributed by atoms with E-state index >= 15 is 0 Å². The summed E-state index contributed by atoms with van der Waals surface area (Å²) in [7, 11) is -4.86. The van der Waals surface area contributed by atoms with Crippen molar-refractivity contribution in [2.24, 2.45) is 0 Å². The Morgan fingerprint density at radius 1 is 1.03 bits per heavy atom. The van der Waals surface area contributed by atoms with Crippen molar-refractivity contribution in [2.45, 2.75) is 11.1 Å². The zero-order chi connectivity index (χ0) is 21.4. The highest BCUT2D eigenvalue weighted by molar-refractivity contribution is 7.92. The number of carbonyl (C=O) groups is 1. The molecular formula is C18H11F4NO4S2. The van der Waals surface area contributed by atoms with Crippen molar-refractivity contribution in [1.82, 2.24) is 0 Å². The van der Waals surface area contributed by atoms with Crippen molar-refractivity contribution in [2.75, 3.05) is 4.72 Å². The summed E-state index contributed by atoms with van der Waals surface area (Å²) in [6.07, 6.45) is -5.13. The van der Waals surface area contributed by atoms with Gasteiger partial charge in [-0.2, -0.15) is 13.2 Å². The van der Waals surface area contributed by atoms with Gasteiger partial charge in [0.1, 0.15) is 10.7 Å². The third kappa shape index (κ3) is 4.40. The van der Waals surface area contributed by atoms with E-state index in [2.05, 4.69) is 0 Å². The Morgan fingerprint density at radius 2 is 1.69 bits per heavy atom. The molecule has 0 aliphatic carbocycles. The van der Waals surface area contributed by atoms with E-state index in [1.807, 2.05) is 4.72 Å². The van der Waals surface area contributed by atoms with Crippen molar-refractivity contribution in [1.29, 1.82) is 0 Å². The second kappa shape index (κ2) is 7.48. The lowest BCUT2D eigenvalue weighted by Gasteiger charge is -2.14. The van der Waals surface area contributed by atoms with Crippen LogP contribution in [0.5, 0.6) is 0 Å². The van der Waals surface area contributed by atoms with Gasteiger partial charge < -0.3 is 5.11 Å². The zero-order valence-corrected chi connectivity index (χ0v) is 15.8. The summed E-state index contributed by atoms with van der Waals surface area (Å²) in [5.41, 5.74) is -1.48. The highest BCUT2D eigenvalue weighted by Gasteiger charge is 2.38. The van der Waals surface area contributed by atoms with Crippen LogP contribution in [0.1, 0.15) is 15.2 Å². The molecule has 2 aromatic carbocycles. The first-order valence-corrected chi connectivity index (χ1v) is 10.1. The van der Waals surface area contributed by atoms with Crippen LogP contribution in [0.3, 0.4) is 0 Å². The molecule has 29 heavy (non-hydrogen) atoms. The molecule has 0 aliphatic heterocycles. The number of rotatable bonds is 5. The highest BCUT2D eigenvalue weighted by atomic mass is 32.2. The van der Waals surface area contributed by atoms with Gasteiger partial charge in [-0.3, -0.25) is 4.72 Å². The third-order valence-corrected chi connectivity index (χ3v) is 6.36. The molecule has 3 rings (SSSR count). The lowest BCUT2D eigenvalue weighted by Crippen LogP contribution is -2.20. The van der Waals surface area contributed by atoms with E-state index in [4.69, 9.17) is 0 Å². The molecule has 11 heteroatoms. The van der Waals surface area contributed by atoms with Crippen LogP contribution >= 0.6 is 11.3 Å². The Balaban J connectivity index is 2.08. The number of nitrogens with one attached hydrogen (secondary N) is 1. The molecule has 0 aliphatic rings. The Hall–Kier alpha value is -2.92. The van der Waals surface area contributed by atoms with Gasteiger partial charge in [0.25, 0.3) is 10.0 Å². The molecule has 0 unspecified atom stereocenters. The average Bonchev–Trinajstić information content (AvgIpc) is 3.05. The van der Waals surface area contributed by atoms with Crippen LogP contribution < -0.4 is 4.72 Å². The van der Waals surface area contributed by atoms with Gasteiger partial charge in [0.05, 0.1) is 16.1 Å². The van der Waals surface area contributed by atoms with Gasteiger partial charge in [0.2, 0.25) is 0 Å². The van der Waals surface area contributed by atoms with Crippen LogP contribution in [0.15, 0.2) is 59.5 Å². The molecule has 0 saturated carbocycles. The molecule has 152 valence electrons. The van der Waals surface area contributed by atoms with Crippen LogP contribution in [-0.2, 0) is 16.2 Å². The zero-order valence-electron chi connectivity index (χ0n) is 14.2. The normalized spacial score (nSPS) is 12.0. The van der Waals surface area contributed by atoms with Gasteiger partial charge in [-0.25, -0.2) is 17.6 Å². The number of anilines is 1. The fourth-order valence-corrected chi connectivity index (χ4v) is 4.82. The minimum Gasteiger partial charge on any atom is -0.477 e. The lowest BCUT2D eigenvalue weighted by atomic mass is 10.2. The van der Waals surface area contributed by atoms with Crippen LogP contribution in [0.25, 0.3) is 10.4 Å². The highest BCUT2D eigenvalue weighted by Crippen LogP contribution is 2.38. The van der Waals surface area contributed by atoms with Crippen LogP contribution in [0, 0.1) is 5.82 Å². The van der Waals surface area contributed by atoms with Crippen molar-refractivity contribution < 1.29 is 35.9 Å². The maximum Gasteiger partial charge on any atom is 0.417 e. The summed E-state index contributed by atoms with van der Waals surface area (Å²) in [6.45, 7) is 0. The lowest BCUT2D eigenvalue weighted by molar-refractivity contribution is -0.140. The fraction of sp³-hybridized carbons (Fsp3) is 0.0556. The summed E-state index contributed by atoms with van der Waals surface area (Å²) < 4.78 is 79.8. The molecule has 0 atom stereocenters. The van der Waals surface area contributed by atoms with E-state index in [0.717, 1.165) is 11.3 Å². The summed E-state index contributed by atoms with van der Waals surface area (Å²) in [5, 5.41) is 9.36. The number of benzene rings is 2. The number of sulfonamides is 1. The monoisotopic (exact) mass is 445 g/mol. The quantitative estimate of drug-likeness (QED) is 0.537. The number of halogens is 4. The number of hydrogen-bond donors (Lipinski definition) is 2. The molecular weight excluding hydrogens is 434 g/mol. The predicted molar refractivity (Wildman–Crippen MR) is 98.9 cm³/mol. The maximum absolute atomic E-state index is 13.3. The van der Waals surface area contributed by atoms with E-state index in [9.17, 15) is 35.9 Å². The van der Waals surface area contributed by atoms with E-state index in [0.29, 0.717) is 22.6 Å². The number of aromatic carboxylic acids is 1.